The molecule has 1 aromatic heterocycles. The van der Waals surface area contributed by atoms with Gasteiger partial charge in [-0.1, -0.05) is 6.42 Å². The maximum absolute atomic E-state index is 11.7. The standard InChI is InChI=1S/C13H18BrN3O2/c14-12-5-4-10(8-15-12)17-13(19)16-7-9-2-1-3-11(18)6-9/h4-5,8-9,11,18H,1-3,6-7H2,(H2,16,17,19). The number of aliphatic hydroxyl groups excluding tert-OH is 1. The van der Waals surface area contributed by atoms with E-state index in [1.54, 1.807) is 18.3 Å². The van der Waals surface area contributed by atoms with Crippen molar-refractivity contribution in [3.8, 4) is 0 Å². The zero-order valence-electron chi connectivity index (χ0n) is 10.6. The van der Waals surface area contributed by atoms with Crippen molar-refractivity contribution in [2.75, 3.05) is 11.9 Å². The Morgan fingerprint density at radius 1 is 1.47 bits per heavy atom. The third kappa shape index (κ3) is 4.80. The Balaban J connectivity index is 1.73. The van der Waals surface area contributed by atoms with Crippen LogP contribution in [0.5, 0.6) is 0 Å². The first-order valence-corrected chi connectivity index (χ1v) is 7.27. The van der Waals surface area contributed by atoms with Crippen molar-refractivity contribution in [3.63, 3.8) is 0 Å². The van der Waals surface area contributed by atoms with Gasteiger partial charge >= 0.3 is 6.03 Å². The van der Waals surface area contributed by atoms with Crippen molar-refractivity contribution < 1.29 is 9.90 Å². The molecule has 104 valence electrons. The number of pyridine rings is 1. The van der Waals surface area contributed by atoms with Crippen LogP contribution in [0.15, 0.2) is 22.9 Å². The quantitative estimate of drug-likeness (QED) is 0.747. The number of nitrogens with zero attached hydrogens (tertiary/aromatic N) is 1. The zero-order valence-corrected chi connectivity index (χ0v) is 12.2. The molecule has 0 bridgehead atoms. The van der Waals surface area contributed by atoms with Gasteiger partial charge in [0, 0.05) is 6.54 Å². The van der Waals surface area contributed by atoms with Crippen LogP contribution in [-0.4, -0.2) is 28.8 Å². The lowest BCUT2D eigenvalue weighted by Gasteiger charge is -2.25. The summed E-state index contributed by atoms with van der Waals surface area (Å²) in [7, 11) is 0. The maximum Gasteiger partial charge on any atom is 0.319 e. The Labute approximate surface area is 120 Å². The first-order valence-electron chi connectivity index (χ1n) is 6.48. The third-order valence-electron chi connectivity index (χ3n) is 3.29. The van der Waals surface area contributed by atoms with E-state index in [9.17, 15) is 9.90 Å². The normalized spacial score (nSPS) is 22.8. The lowest BCUT2D eigenvalue weighted by atomic mass is 9.87. The summed E-state index contributed by atoms with van der Waals surface area (Å²) in [6.07, 6.45) is 5.14. The summed E-state index contributed by atoms with van der Waals surface area (Å²) in [5.41, 5.74) is 0.657. The smallest absolute Gasteiger partial charge is 0.319 e. The average molecular weight is 328 g/mol. The fourth-order valence-electron chi connectivity index (χ4n) is 2.31. The molecule has 0 aliphatic heterocycles. The molecule has 6 heteroatoms. The van der Waals surface area contributed by atoms with E-state index in [0.717, 1.165) is 30.3 Å². The van der Waals surface area contributed by atoms with Gasteiger partial charge in [-0.05, 0) is 53.2 Å². The fourth-order valence-corrected chi connectivity index (χ4v) is 2.54. The van der Waals surface area contributed by atoms with Gasteiger partial charge in [0.05, 0.1) is 18.0 Å². The highest BCUT2D eigenvalue weighted by Gasteiger charge is 2.20. The van der Waals surface area contributed by atoms with Gasteiger partial charge in [0.15, 0.2) is 0 Å². The lowest BCUT2D eigenvalue weighted by molar-refractivity contribution is 0.101. The van der Waals surface area contributed by atoms with Crippen molar-refractivity contribution >= 4 is 27.6 Å². The minimum Gasteiger partial charge on any atom is -0.393 e. The van der Waals surface area contributed by atoms with E-state index in [2.05, 4.69) is 31.5 Å². The summed E-state index contributed by atoms with van der Waals surface area (Å²) < 4.78 is 0.731. The van der Waals surface area contributed by atoms with Crippen molar-refractivity contribution in [2.45, 2.75) is 31.8 Å². The van der Waals surface area contributed by atoms with E-state index in [4.69, 9.17) is 0 Å². The molecule has 0 spiro atoms. The van der Waals surface area contributed by atoms with Crippen molar-refractivity contribution in [1.29, 1.82) is 0 Å². The highest BCUT2D eigenvalue weighted by molar-refractivity contribution is 9.10. The van der Waals surface area contributed by atoms with Crippen molar-refractivity contribution in [1.82, 2.24) is 10.3 Å². The van der Waals surface area contributed by atoms with Crippen molar-refractivity contribution in [3.05, 3.63) is 22.9 Å². The minimum absolute atomic E-state index is 0.209. The first kappa shape index (κ1) is 14.3. The molecular formula is C13H18BrN3O2. The number of rotatable bonds is 3. The van der Waals surface area contributed by atoms with Gasteiger partial charge in [0.2, 0.25) is 0 Å². The number of aromatic nitrogens is 1. The molecule has 1 heterocycles. The van der Waals surface area contributed by atoms with Gasteiger partial charge in [-0.25, -0.2) is 9.78 Å². The minimum atomic E-state index is -0.232. The first-order chi connectivity index (χ1) is 9.13. The number of hydrogen-bond acceptors (Lipinski definition) is 3. The predicted molar refractivity (Wildman–Crippen MR) is 76.9 cm³/mol. The molecule has 1 aromatic rings. The molecule has 5 nitrogen and oxygen atoms in total. The average Bonchev–Trinajstić information content (AvgIpc) is 2.39. The summed E-state index contributed by atoms with van der Waals surface area (Å²) >= 11 is 3.24. The molecule has 0 aromatic carbocycles. The molecule has 2 rings (SSSR count). The van der Waals surface area contributed by atoms with Gasteiger partial charge in [0.1, 0.15) is 4.60 Å². The number of urea groups is 1. The molecule has 1 saturated carbocycles. The lowest BCUT2D eigenvalue weighted by Crippen LogP contribution is -2.35. The highest BCUT2D eigenvalue weighted by Crippen LogP contribution is 2.23. The number of halogens is 1. The molecule has 1 aliphatic carbocycles. The second-order valence-electron chi connectivity index (χ2n) is 4.89. The van der Waals surface area contributed by atoms with E-state index in [0.29, 0.717) is 18.2 Å². The van der Waals surface area contributed by atoms with Crippen LogP contribution in [0.25, 0.3) is 0 Å². The molecule has 1 fully saturated rings. The Morgan fingerprint density at radius 2 is 2.32 bits per heavy atom. The number of nitrogens with one attached hydrogen (secondary N) is 2. The fraction of sp³-hybridized carbons (Fsp3) is 0.538. The van der Waals surface area contributed by atoms with Crippen LogP contribution >= 0.6 is 15.9 Å². The Hall–Kier alpha value is -1.14. The molecule has 19 heavy (non-hydrogen) atoms. The molecule has 1 aliphatic rings. The largest absolute Gasteiger partial charge is 0.393 e. The molecule has 0 radical (unpaired) electrons. The van der Waals surface area contributed by atoms with Gasteiger partial charge in [-0.3, -0.25) is 0 Å². The van der Waals surface area contributed by atoms with Crippen LogP contribution in [0.3, 0.4) is 0 Å². The monoisotopic (exact) mass is 327 g/mol. The van der Waals surface area contributed by atoms with E-state index >= 15 is 0 Å². The Morgan fingerprint density at radius 3 is 3.00 bits per heavy atom. The number of hydrogen-bond donors (Lipinski definition) is 3. The topological polar surface area (TPSA) is 74.2 Å². The van der Waals surface area contributed by atoms with Crippen LogP contribution < -0.4 is 10.6 Å². The Bertz CT molecular complexity index is 424. The SMILES string of the molecule is O=C(NCC1CCCC(O)C1)Nc1ccc(Br)nc1. The Kier molecular flexibility index (Phi) is 5.15. The second kappa shape index (κ2) is 6.86. The van der Waals surface area contributed by atoms with Crippen LogP contribution in [0, 0.1) is 5.92 Å². The summed E-state index contributed by atoms with van der Waals surface area (Å²) in [6.45, 7) is 0.604. The predicted octanol–water partition coefficient (Wildman–Crippen LogP) is 2.52. The zero-order chi connectivity index (χ0) is 13.7. The van der Waals surface area contributed by atoms with Crippen molar-refractivity contribution in [2.24, 2.45) is 5.92 Å². The van der Waals surface area contributed by atoms with E-state index in [-0.39, 0.29) is 12.1 Å². The number of carbonyl (C=O) groups is 1. The molecular weight excluding hydrogens is 310 g/mol. The summed E-state index contributed by atoms with van der Waals surface area (Å²) in [5.74, 6) is 0.373. The maximum atomic E-state index is 11.7. The van der Waals surface area contributed by atoms with Crippen LogP contribution in [-0.2, 0) is 0 Å². The van der Waals surface area contributed by atoms with Crippen LogP contribution in [0.1, 0.15) is 25.7 Å². The van der Waals surface area contributed by atoms with E-state index in [1.165, 1.54) is 0 Å². The van der Waals surface area contributed by atoms with Gasteiger partial charge < -0.3 is 15.7 Å². The molecule has 2 unspecified atom stereocenters. The molecule has 2 atom stereocenters. The van der Waals surface area contributed by atoms with Gasteiger partial charge in [-0.15, -0.1) is 0 Å². The third-order valence-corrected chi connectivity index (χ3v) is 3.76. The number of carbonyl (C=O) groups excluding carboxylic acids is 1. The van der Waals surface area contributed by atoms with E-state index in [1.807, 2.05) is 0 Å². The molecule has 3 N–H and O–H groups in total. The van der Waals surface area contributed by atoms with Gasteiger partial charge in [0.25, 0.3) is 0 Å². The van der Waals surface area contributed by atoms with Crippen LogP contribution in [0.4, 0.5) is 10.5 Å². The van der Waals surface area contributed by atoms with E-state index < -0.39 is 0 Å². The molecule has 2 amide bonds. The number of anilines is 1. The highest BCUT2D eigenvalue weighted by atomic mass is 79.9. The second-order valence-corrected chi connectivity index (χ2v) is 5.70. The summed E-state index contributed by atoms with van der Waals surface area (Å²) in [5, 5.41) is 15.1. The van der Waals surface area contributed by atoms with Crippen LogP contribution in [0.2, 0.25) is 0 Å². The summed E-state index contributed by atoms with van der Waals surface area (Å²) in [6, 6.07) is 3.32. The molecule has 0 saturated heterocycles. The number of aliphatic hydroxyl groups is 1. The van der Waals surface area contributed by atoms with Gasteiger partial charge in [-0.2, -0.15) is 0 Å². The number of amides is 2. The summed E-state index contributed by atoms with van der Waals surface area (Å²) in [4.78, 5) is 15.7.